The van der Waals surface area contributed by atoms with Gasteiger partial charge in [0.2, 0.25) is 0 Å². The summed E-state index contributed by atoms with van der Waals surface area (Å²) in [6.45, 7) is 8.36. The molecular weight excluding hydrogens is 295 g/mol. The van der Waals surface area contributed by atoms with Crippen LogP contribution >= 0.6 is 15.9 Å². The highest BCUT2D eigenvalue weighted by atomic mass is 79.9. The van der Waals surface area contributed by atoms with Crippen LogP contribution in [0.5, 0.6) is 0 Å². The zero-order chi connectivity index (χ0) is 13.1. The van der Waals surface area contributed by atoms with E-state index in [0.29, 0.717) is 11.7 Å². The predicted octanol–water partition coefficient (Wildman–Crippen LogP) is 3.99. The minimum Gasteiger partial charge on any atom is -0.454 e. The lowest BCUT2D eigenvalue weighted by Gasteiger charge is -2.32. The maximum absolute atomic E-state index is 6.07. The molecule has 0 radical (unpaired) electrons. The van der Waals surface area contributed by atoms with Crippen LogP contribution in [0.15, 0.2) is 21.2 Å². The quantitative estimate of drug-likeness (QED) is 0.774. The minimum atomic E-state index is -0.242. The van der Waals surface area contributed by atoms with Gasteiger partial charge in [0.05, 0.1) is 11.2 Å². The molecule has 0 unspecified atom stereocenters. The van der Waals surface area contributed by atoms with Gasteiger partial charge in [0.15, 0.2) is 4.67 Å². The van der Waals surface area contributed by atoms with Gasteiger partial charge in [0.25, 0.3) is 0 Å². The summed E-state index contributed by atoms with van der Waals surface area (Å²) in [5.74, 6) is 1.89. The highest BCUT2D eigenvalue weighted by molar-refractivity contribution is 9.10. The van der Waals surface area contributed by atoms with Gasteiger partial charge in [-0.1, -0.05) is 0 Å². The van der Waals surface area contributed by atoms with Crippen molar-refractivity contribution in [3.05, 3.63) is 22.6 Å². The summed E-state index contributed by atoms with van der Waals surface area (Å²) in [6, 6.07) is 3.97. The number of halogens is 1. The fourth-order valence-corrected chi connectivity index (χ4v) is 2.75. The average molecular weight is 313 g/mol. The van der Waals surface area contributed by atoms with Crippen LogP contribution in [-0.2, 0) is 9.31 Å². The lowest BCUT2D eigenvalue weighted by atomic mass is 9.80. The Kier molecular flexibility index (Phi) is 2.74. The average Bonchev–Trinajstić information content (AvgIpc) is 2.87. The van der Waals surface area contributed by atoms with Crippen LogP contribution in [0.25, 0.3) is 0 Å². The first-order valence-corrected chi connectivity index (χ1v) is 7.20. The summed E-state index contributed by atoms with van der Waals surface area (Å²) in [6.07, 6.45) is 1.08. The van der Waals surface area contributed by atoms with E-state index in [0.717, 1.165) is 16.9 Å². The minimum absolute atomic E-state index is 0.108. The van der Waals surface area contributed by atoms with Gasteiger partial charge < -0.3 is 13.7 Å². The van der Waals surface area contributed by atoms with Crippen LogP contribution in [-0.4, -0.2) is 18.3 Å². The van der Waals surface area contributed by atoms with E-state index < -0.39 is 0 Å². The predicted molar refractivity (Wildman–Crippen MR) is 73.6 cm³/mol. The third-order valence-electron chi connectivity index (χ3n) is 4.42. The van der Waals surface area contributed by atoms with E-state index in [2.05, 4.69) is 43.6 Å². The van der Waals surface area contributed by atoms with E-state index in [1.54, 1.807) is 0 Å². The van der Waals surface area contributed by atoms with Crippen LogP contribution < -0.4 is 0 Å². The van der Waals surface area contributed by atoms with Crippen molar-refractivity contribution >= 4 is 23.0 Å². The molecule has 0 bridgehead atoms. The van der Waals surface area contributed by atoms with Crippen LogP contribution in [0, 0.1) is 0 Å². The molecule has 0 amide bonds. The first kappa shape index (κ1) is 12.8. The lowest BCUT2D eigenvalue weighted by molar-refractivity contribution is 0.00578. The summed E-state index contributed by atoms with van der Waals surface area (Å²) in [7, 11) is -0.108. The lowest BCUT2D eigenvalue weighted by Crippen LogP contribution is -2.41. The summed E-state index contributed by atoms with van der Waals surface area (Å²) < 4.78 is 18.5. The molecule has 0 spiro atoms. The van der Waals surface area contributed by atoms with E-state index in [4.69, 9.17) is 13.7 Å². The molecule has 98 valence electrons. The highest BCUT2D eigenvalue weighted by Crippen LogP contribution is 2.58. The zero-order valence-electron chi connectivity index (χ0n) is 11.2. The van der Waals surface area contributed by atoms with E-state index >= 15 is 0 Å². The van der Waals surface area contributed by atoms with E-state index in [1.165, 1.54) is 0 Å². The molecule has 2 heterocycles. The highest BCUT2D eigenvalue weighted by Gasteiger charge is 2.60. The van der Waals surface area contributed by atoms with Crippen molar-refractivity contribution in [2.45, 2.75) is 57.1 Å². The summed E-state index contributed by atoms with van der Waals surface area (Å²) in [5.41, 5.74) is -0.483. The van der Waals surface area contributed by atoms with Crippen molar-refractivity contribution in [3.8, 4) is 0 Å². The summed E-state index contributed by atoms with van der Waals surface area (Å²) in [5, 5.41) is 0. The Hall–Kier alpha value is -0.255. The fourth-order valence-electron chi connectivity index (χ4n) is 2.43. The fraction of sp³-hybridized carbons (Fsp3) is 0.692. The van der Waals surface area contributed by atoms with Gasteiger partial charge >= 0.3 is 7.12 Å². The van der Waals surface area contributed by atoms with E-state index in [-0.39, 0.29) is 18.3 Å². The molecule has 1 aromatic heterocycles. The van der Waals surface area contributed by atoms with Crippen LogP contribution in [0.2, 0.25) is 5.82 Å². The Bertz CT molecular complexity index is 453. The third-order valence-corrected chi connectivity index (χ3v) is 4.85. The molecule has 0 N–H and O–H groups in total. The van der Waals surface area contributed by atoms with Crippen LogP contribution in [0.3, 0.4) is 0 Å². The van der Waals surface area contributed by atoms with E-state index in [9.17, 15) is 0 Å². The largest absolute Gasteiger partial charge is 0.461 e. The molecule has 3 rings (SSSR count). The molecule has 2 aliphatic rings. The molecule has 5 heteroatoms. The molecule has 3 nitrogen and oxygen atoms in total. The zero-order valence-corrected chi connectivity index (χ0v) is 12.8. The Labute approximate surface area is 116 Å². The van der Waals surface area contributed by atoms with Gasteiger partial charge in [-0.15, -0.1) is 0 Å². The van der Waals surface area contributed by atoms with Crippen molar-refractivity contribution in [2.24, 2.45) is 0 Å². The number of hydrogen-bond acceptors (Lipinski definition) is 3. The second kappa shape index (κ2) is 3.87. The number of hydrogen-bond donors (Lipinski definition) is 0. The third kappa shape index (κ3) is 1.96. The number of rotatable bonds is 2. The molecule has 18 heavy (non-hydrogen) atoms. The maximum Gasteiger partial charge on any atom is 0.461 e. The van der Waals surface area contributed by atoms with Gasteiger partial charge in [-0.25, -0.2) is 0 Å². The standard InChI is InChI=1S/C13H18BBrO3/c1-12(2)13(3,4)18-14(17-12)9-7-8(9)10-5-6-11(15)16-10/h5-6,8-9H,7H2,1-4H3/t8-,9-/m1/s1. The topological polar surface area (TPSA) is 31.6 Å². The van der Waals surface area contributed by atoms with Crippen molar-refractivity contribution < 1.29 is 13.7 Å². The molecule has 2 fully saturated rings. The normalized spacial score (nSPS) is 32.8. The van der Waals surface area contributed by atoms with Crippen molar-refractivity contribution in [1.29, 1.82) is 0 Å². The Morgan fingerprint density at radius 2 is 1.78 bits per heavy atom. The maximum atomic E-state index is 6.07. The first-order chi connectivity index (χ1) is 8.30. The van der Waals surface area contributed by atoms with E-state index in [1.807, 2.05) is 12.1 Å². The van der Waals surface area contributed by atoms with Gasteiger partial charge in [-0.2, -0.15) is 0 Å². The second-order valence-corrected chi connectivity index (χ2v) is 7.05. The molecule has 2 atom stereocenters. The van der Waals surface area contributed by atoms with Gasteiger partial charge in [0.1, 0.15) is 5.76 Å². The summed E-state index contributed by atoms with van der Waals surface area (Å²) in [4.78, 5) is 0. The Morgan fingerprint density at radius 1 is 1.17 bits per heavy atom. The monoisotopic (exact) mass is 312 g/mol. The first-order valence-electron chi connectivity index (χ1n) is 6.41. The van der Waals surface area contributed by atoms with Gasteiger partial charge in [-0.3, -0.25) is 0 Å². The smallest absolute Gasteiger partial charge is 0.454 e. The second-order valence-electron chi connectivity index (χ2n) is 6.27. The molecule has 1 saturated heterocycles. The van der Waals surface area contributed by atoms with Crippen molar-refractivity contribution in [3.63, 3.8) is 0 Å². The molecule has 1 aliphatic heterocycles. The summed E-state index contributed by atoms with van der Waals surface area (Å²) >= 11 is 3.34. The Morgan fingerprint density at radius 3 is 2.28 bits per heavy atom. The SMILES string of the molecule is CC1(C)OB([C@@H]2C[C@H]2c2ccc(Br)o2)OC1(C)C. The Balaban J connectivity index is 1.70. The molecule has 0 aromatic carbocycles. The number of furan rings is 1. The van der Waals surface area contributed by atoms with Crippen LogP contribution in [0.4, 0.5) is 0 Å². The van der Waals surface area contributed by atoms with Crippen molar-refractivity contribution in [1.82, 2.24) is 0 Å². The van der Waals surface area contributed by atoms with Crippen LogP contribution in [0.1, 0.15) is 45.8 Å². The molecular formula is C13H18BBrO3. The molecule has 1 saturated carbocycles. The molecule has 1 aromatic rings. The van der Waals surface area contributed by atoms with Gasteiger partial charge in [-0.05, 0) is 62.2 Å². The van der Waals surface area contributed by atoms with Crippen molar-refractivity contribution in [2.75, 3.05) is 0 Å². The van der Waals surface area contributed by atoms with Gasteiger partial charge in [0, 0.05) is 11.7 Å². The molecule has 1 aliphatic carbocycles.